The van der Waals surface area contributed by atoms with E-state index in [0.717, 1.165) is 0 Å². The summed E-state index contributed by atoms with van der Waals surface area (Å²) in [7, 11) is 0. The summed E-state index contributed by atoms with van der Waals surface area (Å²) >= 11 is 6.15. The molecule has 24 heavy (non-hydrogen) atoms. The molecule has 2 aliphatic heterocycles. The average Bonchev–Trinajstić information content (AvgIpc) is 2.57. The molecule has 2 aliphatic rings. The largest absolute Gasteiger partial charge is 0.465 e. The fourth-order valence-electron chi connectivity index (χ4n) is 3.30. The van der Waals surface area contributed by atoms with Crippen LogP contribution in [0.4, 0.5) is 10.6 Å². The van der Waals surface area contributed by atoms with Gasteiger partial charge < -0.3 is 24.2 Å². The topological polar surface area (TPSA) is 87.9 Å². The number of nitrogens with zero attached hydrogens (tertiary/aromatic N) is 4. The van der Waals surface area contributed by atoms with Crippen LogP contribution in [0, 0.1) is 0 Å². The number of aromatic nitrogens is 2. The van der Waals surface area contributed by atoms with Crippen LogP contribution >= 0.6 is 11.6 Å². The van der Waals surface area contributed by atoms with E-state index in [4.69, 9.17) is 21.4 Å². The Morgan fingerprint density at radius 1 is 1.38 bits per heavy atom. The summed E-state index contributed by atoms with van der Waals surface area (Å²) in [4.78, 5) is 31.5. The SMILES string of the molecule is C[C@@H]1COCCN1c1nc(Cl)cn(C2CCN(C(=O)O)CC2)c1=O. The maximum atomic E-state index is 12.9. The van der Waals surface area contributed by atoms with Crippen LogP contribution in [-0.2, 0) is 4.74 Å². The summed E-state index contributed by atoms with van der Waals surface area (Å²) in [6, 6.07) is -0.0107. The predicted octanol–water partition coefficient (Wildman–Crippen LogP) is 1.44. The Bertz CT molecular complexity index is 672. The summed E-state index contributed by atoms with van der Waals surface area (Å²) in [6.07, 6.45) is 1.81. The molecule has 1 aromatic heterocycles. The average molecular weight is 357 g/mol. The zero-order chi connectivity index (χ0) is 17.3. The third-order valence-corrected chi connectivity index (χ3v) is 4.83. The zero-order valence-electron chi connectivity index (χ0n) is 13.5. The van der Waals surface area contributed by atoms with E-state index >= 15 is 0 Å². The van der Waals surface area contributed by atoms with Gasteiger partial charge in [-0.3, -0.25) is 4.79 Å². The lowest BCUT2D eigenvalue weighted by Gasteiger charge is -2.35. The number of amides is 1. The van der Waals surface area contributed by atoms with Gasteiger partial charge in [-0.1, -0.05) is 11.6 Å². The minimum absolute atomic E-state index is 0.0553. The highest BCUT2D eigenvalue weighted by Gasteiger charge is 2.28. The summed E-state index contributed by atoms with van der Waals surface area (Å²) < 4.78 is 7.03. The fourth-order valence-corrected chi connectivity index (χ4v) is 3.49. The minimum atomic E-state index is -0.920. The van der Waals surface area contributed by atoms with E-state index in [0.29, 0.717) is 51.5 Å². The van der Waals surface area contributed by atoms with Crippen LogP contribution in [0.2, 0.25) is 5.15 Å². The molecule has 0 unspecified atom stereocenters. The van der Waals surface area contributed by atoms with Crippen molar-refractivity contribution in [1.82, 2.24) is 14.5 Å². The van der Waals surface area contributed by atoms with Gasteiger partial charge in [0.2, 0.25) is 0 Å². The molecule has 8 nitrogen and oxygen atoms in total. The summed E-state index contributed by atoms with van der Waals surface area (Å²) in [5.74, 6) is 0.346. The number of rotatable bonds is 2. The monoisotopic (exact) mass is 356 g/mol. The number of piperidine rings is 1. The number of likely N-dealkylation sites (tertiary alicyclic amines) is 1. The molecule has 0 spiro atoms. The lowest BCUT2D eigenvalue weighted by Crippen LogP contribution is -2.48. The Labute approximate surface area is 144 Å². The molecule has 1 N–H and O–H groups in total. The van der Waals surface area contributed by atoms with Gasteiger partial charge in [0.25, 0.3) is 5.56 Å². The van der Waals surface area contributed by atoms with Gasteiger partial charge in [0, 0.05) is 31.9 Å². The van der Waals surface area contributed by atoms with Crippen molar-refractivity contribution in [2.75, 3.05) is 37.7 Å². The van der Waals surface area contributed by atoms with Crippen molar-refractivity contribution in [3.8, 4) is 0 Å². The van der Waals surface area contributed by atoms with Crippen LogP contribution in [0.5, 0.6) is 0 Å². The van der Waals surface area contributed by atoms with Crippen LogP contribution in [0.25, 0.3) is 0 Å². The van der Waals surface area contributed by atoms with Gasteiger partial charge in [0.1, 0.15) is 5.15 Å². The smallest absolute Gasteiger partial charge is 0.407 e. The zero-order valence-corrected chi connectivity index (χ0v) is 14.3. The lowest BCUT2D eigenvalue weighted by molar-refractivity contribution is 0.0982. The molecule has 3 heterocycles. The first-order valence-corrected chi connectivity index (χ1v) is 8.46. The molecule has 0 bridgehead atoms. The van der Waals surface area contributed by atoms with Crippen LogP contribution in [0.1, 0.15) is 25.8 Å². The van der Waals surface area contributed by atoms with Gasteiger partial charge in [0.05, 0.1) is 19.3 Å². The van der Waals surface area contributed by atoms with Crippen LogP contribution in [0.3, 0.4) is 0 Å². The molecular weight excluding hydrogens is 336 g/mol. The molecule has 1 amide bonds. The molecule has 0 aliphatic carbocycles. The molecular formula is C15H21ClN4O4. The fraction of sp³-hybridized carbons (Fsp3) is 0.667. The maximum Gasteiger partial charge on any atom is 0.407 e. The second kappa shape index (κ2) is 6.98. The molecule has 132 valence electrons. The highest BCUT2D eigenvalue weighted by atomic mass is 35.5. The van der Waals surface area contributed by atoms with Gasteiger partial charge >= 0.3 is 6.09 Å². The number of hydrogen-bond donors (Lipinski definition) is 1. The quantitative estimate of drug-likeness (QED) is 0.862. The number of morpholine rings is 1. The molecule has 1 atom stereocenters. The number of anilines is 1. The van der Waals surface area contributed by atoms with Gasteiger partial charge in [-0.15, -0.1) is 0 Å². The molecule has 0 radical (unpaired) electrons. The molecule has 0 saturated carbocycles. The van der Waals surface area contributed by atoms with Crippen LogP contribution in [0.15, 0.2) is 11.0 Å². The highest BCUT2D eigenvalue weighted by molar-refractivity contribution is 6.29. The number of hydrogen-bond acceptors (Lipinski definition) is 5. The van der Waals surface area contributed by atoms with Crippen molar-refractivity contribution in [2.24, 2.45) is 0 Å². The van der Waals surface area contributed by atoms with Crippen molar-refractivity contribution < 1.29 is 14.6 Å². The van der Waals surface area contributed by atoms with Crippen molar-refractivity contribution in [2.45, 2.75) is 31.8 Å². The number of carbonyl (C=O) groups is 1. The van der Waals surface area contributed by atoms with E-state index in [1.807, 2.05) is 11.8 Å². The van der Waals surface area contributed by atoms with E-state index in [-0.39, 0.29) is 22.8 Å². The summed E-state index contributed by atoms with van der Waals surface area (Å²) in [6.45, 7) is 4.50. The van der Waals surface area contributed by atoms with Crippen LogP contribution < -0.4 is 10.5 Å². The second-order valence-corrected chi connectivity index (χ2v) is 6.61. The molecule has 9 heteroatoms. The van der Waals surface area contributed by atoms with Gasteiger partial charge in [-0.25, -0.2) is 9.78 Å². The van der Waals surface area contributed by atoms with E-state index in [1.54, 1.807) is 10.8 Å². The Balaban J connectivity index is 1.87. The maximum absolute atomic E-state index is 12.9. The second-order valence-electron chi connectivity index (χ2n) is 6.22. The number of ether oxygens (including phenoxy) is 1. The Kier molecular flexibility index (Phi) is 4.96. The molecule has 3 rings (SSSR count). The Morgan fingerprint density at radius 3 is 2.71 bits per heavy atom. The minimum Gasteiger partial charge on any atom is -0.465 e. The first kappa shape index (κ1) is 17.0. The summed E-state index contributed by atoms with van der Waals surface area (Å²) in [5.41, 5.74) is -0.179. The third-order valence-electron chi connectivity index (χ3n) is 4.65. The molecule has 0 aromatic carbocycles. The van der Waals surface area contributed by atoms with Crippen molar-refractivity contribution >= 4 is 23.5 Å². The van der Waals surface area contributed by atoms with Crippen molar-refractivity contribution in [1.29, 1.82) is 0 Å². The predicted molar refractivity (Wildman–Crippen MR) is 89.0 cm³/mol. The lowest BCUT2D eigenvalue weighted by atomic mass is 10.1. The Hall–Kier alpha value is -1.80. The highest BCUT2D eigenvalue weighted by Crippen LogP contribution is 2.24. The van der Waals surface area contributed by atoms with Gasteiger partial charge in [0.15, 0.2) is 5.82 Å². The first-order chi connectivity index (χ1) is 11.5. The van der Waals surface area contributed by atoms with Gasteiger partial charge in [-0.05, 0) is 19.8 Å². The molecule has 2 saturated heterocycles. The van der Waals surface area contributed by atoms with E-state index in [2.05, 4.69) is 4.98 Å². The number of carboxylic acid groups (broad SMARTS) is 1. The van der Waals surface area contributed by atoms with Crippen molar-refractivity contribution in [3.05, 3.63) is 21.7 Å². The Morgan fingerprint density at radius 2 is 2.08 bits per heavy atom. The van der Waals surface area contributed by atoms with Gasteiger partial charge in [-0.2, -0.15) is 0 Å². The van der Waals surface area contributed by atoms with E-state index < -0.39 is 6.09 Å². The summed E-state index contributed by atoms with van der Waals surface area (Å²) in [5, 5.41) is 9.31. The third kappa shape index (κ3) is 3.34. The molecule has 1 aromatic rings. The normalized spacial score (nSPS) is 22.7. The van der Waals surface area contributed by atoms with E-state index in [9.17, 15) is 9.59 Å². The number of halogens is 1. The van der Waals surface area contributed by atoms with Crippen LogP contribution in [-0.4, -0.2) is 64.5 Å². The van der Waals surface area contributed by atoms with Crippen molar-refractivity contribution in [3.63, 3.8) is 0 Å². The van der Waals surface area contributed by atoms with E-state index in [1.165, 1.54) is 4.90 Å². The molecule has 2 fully saturated rings. The first-order valence-electron chi connectivity index (χ1n) is 8.08. The standard InChI is InChI=1S/C15H21ClN4O4/c1-10-9-24-7-6-19(10)13-14(21)20(8-12(16)17-13)11-2-4-18(5-3-11)15(22)23/h8,10-11H,2-7,9H2,1H3,(H,22,23)/t10-/m1/s1.